The lowest BCUT2D eigenvalue weighted by Gasteiger charge is -1.00. The van der Waals surface area contributed by atoms with E-state index in [-0.39, 0.29) is 49.6 Å². The van der Waals surface area contributed by atoms with E-state index in [2.05, 4.69) is 0 Å². The summed E-state index contributed by atoms with van der Waals surface area (Å²) in [7, 11) is 0. The van der Waals surface area contributed by atoms with Gasteiger partial charge in [0.15, 0.2) is 0 Å². The van der Waals surface area contributed by atoms with Crippen molar-refractivity contribution in [3.63, 3.8) is 0 Å². The van der Waals surface area contributed by atoms with E-state index < -0.39 is 0 Å². The molecule has 0 rings (SSSR count). The van der Waals surface area contributed by atoms with Gasteiger partial charge in [0.05, 0.1) is 0 Å². The van der Waals surface area contributed by atoms with Gasteiger partial charge in [-0.3, -0.25) is 0 Å². The van der Waals surface area contributed by atoms with Gasteiger partial charge in [-0.25, -0.2) is 0 Å². The van der Waals surface area contributed by atoms with Crippen LogP contribution < -0.4 is 49.6 Å². The fraction of sp³-hybridized carbons (Fsp3) is 0. The van der Waals surface area contributed by atoms with E-state index in [1.807, 2.05) is 0 Å². The largest absolute Gasteiger partial charge is 1.00 e. The summed E-state index contributed by atoms with van der Waals surface area (Å²) in [5.41, 5.74) is 0. The Bertz CT molecular complexity index is 0. The molecule has 4 heteroatoms. The predicted molar refractivity (Wildman–Crippen MR) is 0 cm³/mol. The molecule has 0 saturated heterocycles. The van der Waals surface area contributed by atoms with E-state index in [0.717, 1.165) is 0 Å². The van der Waals surface area contributed by atoms with Gasteiger partial charge >= 0.3 is 0 Å². The summed E-state index contributed by atoms with van der Waals surface area (Å²) >= 11 is 0. The molecule has 0 aromatic heterocycles. The first-order valence-corrected chi connectivity index (χ1v) is 0. The Morgan fingerprint density at radius 2 is 0.250 bits per heavy atom. The zero-order chi connectivity index (χ0) is 0. The van der Waals surface area contributed by atoms with Crippen molar-refractivity contribution in [3.8, 4) is 0 Å². The van der Waals surface area contributed by atoms with Crippen LogP contribution in [0.5, 0.6) is 0 Å². The summed E-state index contributed by atoms with van der Waals surface area (Å²) in [6.45, 7) is 0. The maximum Gasteiger partial charge on any atom is -1.00 e. The van der Waals surface area contributed by atoms with Crippen molar-refractivity contribution in [2.75, 3.05) is 0 Å². The summed E-state index contributed by atoms with van der Waals surface area (Å²) in [5.74, 6) is 0. The minimum absolute atomic E-state index is 0. The van der Waals surface area contributed by atoms with Gasteiger partial charge in [-0.2, -0.15) is 0 Å². The van der Waals surface area contributed by atoms with Crippen LogP contribution in [-0.4, -0.2) is 0 Å². The third kappa shape index (κ3) is 11.0. The molecule has 0 heterocycles. The van der Waals surface area contributed by atoms with Crippen LogP contribution in [-0.2, 0) is 0 Å². The van der Waals surface area contributed by atoms with Crippen molar-refractivity contribution in [2.45, 2.75) is 0 Å². The van der Waals surface area contributed by atoms with Crippen LogP contribution in [0, 0.1) is 0 Å². The number of halogens is 4. The molecule has 0 spiro atoms. The fourth-order valence-electron chi connectivity index (χ4n) is 0. The van der Waals surface area contributed by atoms with Gasteiger partial charge in [0, 0.05) is 0 Å². The molecule has 0 nitrogen and oxygen atoms in total. The Kier molecular flexibility index (Phi) is 512. The standard InChI is InChI=1S/4ClH/h4*1H/p-4. The summed E-state index contributed by atoms with van der Waals surface area (Å²) in [6, 6.07) is 0. The van der Waals surface area contributed by atoms with Crippen molar-refractivity contribution >= 4 is 0 Å². The monoisotopic (exact) mass is 140 g/mol. The maximum absolute atomic E-state index is 0. The maximum atomic E-state index is 0. The smallest absolute Gasteiger partial charge is 1.00 e. The first-order chi connectivity index (χ1) is 0. The molecule has 0 bridgehead atoms. The lowest BCUT2D eigenvalue weighted by molar-refractivity contribution is -0.00100. The molecule has 32 valence electrons. The van der Waals surface area contributed by atoms with Crippen LogP contribution in [0.1, 0.15) is 0 Å². The lowest BCUT2D eigenvalue weighted by atomic mass is 35.5. The normalized spacial score (nSPS) is 0. The lowest BCUT2D eigenvalue weighted by Crippen LogP contribution is -3.00. The molecular formula is Cl4-4. The summed E-state index contributed by atoms with van der Waals surface area (Å²) < 4.78 is 0. The molecule has 0 radical (unpaired) electrons. The van der Waals surface area contributed by atoms with Gasteiger partial charge in [-0.1, -0.05) is 0 Å². The highest BCUT2D eigenvalue weighted by atomic mass is 35.5. The second-order valence-electron chi connectivity index (χ2n) is 0. The predicted octanol–water partition coefficient (Wildman–Crippen LogP) is -12.0. The molecule has 0 aliphatic rings. The zero-order valence-corrected chi connectivity index (χ0v) is 4.54. The van der Waals surface area contributed by atoms with E-state index in [9.17, 15) is 0 Å². The Labute approximate surface area is 50.0 Å². The highest BCUT2D eigenvalue weighted by Gasteiger charge is -0.997. The van der Waals surface area contributed by atoms with Gasteiger partial charge in [0.25, 0.3) is 0 Å². The first kappa shape index (κ1) is 66.4. The third-order valence-electron chi connectivity index (χ3n) is 0. The Morgan fingerprint density at radius 3 is 0.250 bits per heavy atom. The molecule has 0 aliphatic carbocycles. The van der Waals surface area contributed by atoms with Crippen molar-refractivity contribution in [2.24, 2.45) is 0 Å². The molecule has 0 fully saturated rings. The van der Waals surface area contributed by atoms with Crippen LogP contribution in [0.3, 0.4) is 0 Å². The van der Waals surface area contributed by atoms with E-state index in [4.69, 9.17) is 0 Å². The van der Waals surface area contributed by atoms with Crippen molar-refractivity contribution in [1.29, 1.82) is 0 Å². The number of rotatable bonds is 0. The minimum atomic E-state index is 0. The van der Waals surface area contributed by atoms with Gasteiger partial charge in [0.2, 0.25) is 0 Å². The van der Waals surface area contributed by atoms with E-state index in [1.165, 1.54) is 0 Å². The molecule has 4 heavy (non-hydrogen) atoms. The number of hydrogen-bond donors (Lipinski definition) is 0. The van der Waals surface area contributed by atoms with Crippen molar-refractivity contribution in [1.82, 2.24) is 0 Å². The van der Waals surface area contributed by atoms with E-state index in [0.29, 0.717) is 0 Å². The molecule has 0 aliphatic heterocycles. The van der Waals surface area contributed by atoms with Gasteiger partial charge in [-0.05, 0) is 0 Å². The average molecular weight is 142 g/mol. The highest BCUT2D eigenvalue weighted by molar-refractivity contribution is 0.00300. The second-order valence-corrected chi connectivity index (χ2v) is 0. The zero-order valence-electron chi connectivity index (χ0n) is 1.51. The Morgan fingerprint density at radius 1 is 0.250 bits per heavy atom. The van der Waals surface area contributed by atoms with E-state index in [1.54, 1.807) is 0 Å². The summed E-state index contributed by atoms with van der Waals surface area (Å²) in [5, 5.41) is 0. The van der Waals surface area contributed by atoms with Crippen LogP contribution >= 0.6 is 0 Å². The molecule has 0 unspecified atom stereocenters. The van der Waals surface area contributed by atoms with E-state index >= 15 is 0 Å². The van der Waals surface area contributed by atoms with Crippen LogP contribution in [0.25, 0.3) is 0 Å². The molecule has 0 saturated carbocycles. The molecule has 0 atom stereocenters. The second kappa shape index (κ2) is 30.9. The SMILES string of the molecule is [Cl-].[Cl-].[Cl-].[Cl-]. The van der Waals surface area contributed by atoms with Gasteiger partial charge in [0.1, 0.15) is 0 Å². The highest BCUT2D eigenvalue weighted by Crippen LogP contribution is -2.99. The molecular weight excluding hydrogens is 142 g/mol. The quantitative estimate of drug-likeness (QED) is 0.315. The Balaban J connectivity index is 0. The Hall–Kier alpha value is 1.16. The van der Waals surface area contributed by atoms with Gasteiger partial charge < -0.3 is 49.6 Å². The number of hydrogen-bond acceptors (Lipinski definition) is 0. The fourth-order valence-corrected chi connectivity index (χ4v) is 0. The minimum Gasteiger partial charge on any atom is -1.00 e. The average Bonchev–Trinajstić information content (AvgIpc) is 0. The summed E-state index contributed by atoms with van der Waals surface area (Å²) in [6.07, 6.45) is 0. The van der Waals surface area contributed by atoms with Crippen LogP contribution in [0.15, 0.2) is 0 Å². The molecule has 0 amide bonds. The van der Waals surface area contributed by atoms with Crippen LogP contribution in [0.4, 0.5) is 0 Å². The van der Waals surface area contributed by atoms with Crippen molar-refractivity contribution < 1.29 is 49.6 Å². The third-order valence-corrected chi connectivity index (χ3v) is 0. The topological polar surface area (TPSA) is 0 Å². The molecule has 0 N–H and O–H groups in total. The molecule has 0 aromatic rings. The van der Waals surface area contributed by atoms with Crippen LogP contribution in [0.2, 0.25) is 0 Å². The molecule has 0 aromatic carbocycles. The first-order valence-electron chi connectivity index (χ1n) is 0. The summed E-state index contributed by atoms with van der Waals surface area (Å²) in [4.78, 5) is 0. The van der Waals surface area contributed by atoms with Crippen molar-refractivity contribution in [3.05, 3.63) is 0 Å². The van der Waals surface area contributed by atoms with Gasteiger partial charge in [-0.15, -0.1) is 0 Å².